The maximum Gasteiger partial charge on any atom is 0.260 e. The Hall–Kier alpha value is -2.28. The van der Waals surface area contributed by atoms with Crippen molar-refractivity contribution in [2.45, 2.75) is 13.8 Å². The average Bonchev–Trinajstić information content (AvgIpc) is 3.13. The maximum absolute atomic E-state index is 13.3. The van der Waals surface area contributed by atoms with E-state index in [4.69, 9.17) is 9.72 Å². The first-order valence-corrected chi connectivity index (χ1v) is 10.6. The van der Waals surface area contributed by atoms with Gasteiger partial charge in [0.2, 0.25) is 0 Å². The fourth-order valence-electron chi connectivity index (χ4n) is 3.68. The second-order valence-electron chi connectivity index (χ2n) is 7.36. The summed E-state index contributed by atoms with van der Waals surface area (Å²) in [4.78, 5) is 21.5. The molecule has 6 heteroatoms. The van der Waals surface area contributed by atoms with E-state index < -0.39 is 0 Å². The topological polar surface area (TPSA) is 46.9 Å². The summed E-state index contributed by atoms with van der Waals surface area (Å²) in [6, 6.07) is 13.8. The van der Waals surface area contributed by atoms with E-state index in [2.05, 4.69) is 26.0 Å². The van der Waals surface area contributed by atoms with Gasteiger partial charge in [0, 0.05) is 5.56 Å². The number of rotatable bonds is 5. The average molecular weight is 397 g/mol. The van der Waals surface area contributed by atoms with Crippen molar-refractivity contribution in [3.8, 4) is 0 Å². The van der Waals surface area contributed by atoms with Crippen molar-refractivity contribution in [1.82, 2.24) is 4.98 Å². The number of aryl methyl sites for hydroxylation is 2. The predicted octanol–water partition coefficient (Wildman–Crippen LogP) is 2.48. The number of carbonyl (C=O) groups is 1. The predicted molar refractivity (Wildman–Crippen MR) is 114 cm³/mol. The Morgan fingerprint density at radius 1 is 1.18 bits per heavy atom. The molecule has 1 N–H and O–H groups in total. The Labute approximate surface area is 169 Å². The normalized spacial score (nSPS) is 15.1. The van der Waals surface area contributed by atoms with Crippen LogP contribution in [0.25, 0.3) is 10.2 Å². The number of morpholine rings is 1. The molecule has 2 aromatic carbocycles. The van der Waals surface area contributed by atoms with Gasteiger partial charge < -0.3 is 9.64 Å². The van der Waals surface area contributed by atoms with Crippen LogP contribution in [-0.4, -0.2) is 50.3 Å². The minimum Gasteiger partial charge on any atom is -0.370 e. The van der Waals surface area contributed by atoms with Gasteiger partial charge in [0.15, 0.2) is 5.13 Å². The Balaban J connectivity index is 1.65. The second-order valence-corrected chi connectivity index (χ2v) is 8.34. The van der Waals surface area contributed by atoms with Crippen molar-refractivity contribution in [1.29, 1.82) is 0 Å². The molecular weight excluding hydrogens is 370 g/mol. The lowest BCUT2D eigenvalue weighted by molar-refractivity contribution is -0.906. The molecule has 0 unspecified atom stereocenters. The van der Waals surface area contributed by atoms with Gasteiger partial charge in [-0.25, -0.2) is 4.98 Å². The van der Waals surface area contributed by atoms with Gasteiger partial charge in [0.05, 0.1) is 36.5 Å². The van der Waals surface area contributed by atoms with Crippen molar-refractivity contribution in [3.63, 3.8) is 0 Å². The van der Waals surface area contributed by atoms with E-state index in [1.165, 1.54) is 16.0 Å². The first-order chi connectivity index (χ1) is 13.6. The summed E-state index contributed by atoms with van der Waals surface area (Å²) in [5, 5.41) is 0.783. The van der Waals surface area contributed by atoms with Crippen LogP contribution in [0.4, 0.5) is 5.13 Å². The number of nitrogens with one attached hydrogen (secondary N) is 1. The van der Waals surface area contributed by atoms with Crippen molar-refractivity contribution >= 4 is 32.6 Å². The second kappa shape index (κ2) is 8.39. The first kappa shape index (κ1) is 19.1. The van der Waals surface area contributed by atoms with Gasteiger partial charge in [0.1, 0.15) is 13.1 Å². The summed E-state index contributed by atoms with van der Waals surface area (Å²) >= 11 is 1.61. The van der Waals surface area contributed by atoms with Gasteiger partial charge in [-0.15, -0.1) is 0 Å². The third kappa shape index (κ3) is 4.09. The molecule has 1 fully saturated rings. The highest BCUT2D eigenvalue weighted by molar-refractivity contribution is 7.22. The molecule has 146 valence electrons. The lowest BCUT2D eigenvalue weighted by Crippen LogP contribution is -3.14. The van der Waals surface area contributed by atoms with Crippen molar-refractivity contribution in [2.75, 3.05) is 44.3 Å². The smallest absolute Gasteiger partial charge is 0.260 e. The van der Waals surface area contributed by atoms with Gasteiger partial charge in [-0.05, 0) is 43.2 Å². The number of amides is 1. The summed E-state index contributed by atoms with van der Waals surface area (Å²) in [5.41, 5.74) is 4.08. The quantitative estimate of drug-likeness (QED) is 0.721. The van der Waals surface area contributed by atoms with Gasteiger partial charge in [-0.3, -0.25) is 9.69 Å². The molecule has 28 heavy (non-hydrogen) atoms. The van der Waals surface area contributed by atoms with Crippen LogP contribution in [-0.2, 0) is 4.74 Å². The molecule has 2 heterocycles. The molecule has 1 aliphatic heterocycles. The van der Waals surface area contributed by atoms with Gasteiger partial charge in [-0.1, -0.05) is 35.6 Å². The minimum atomic E-state index is 0.0155. The Morgan fingerprint density at radius 2 is 1.93 bits per heavy atom. The molecule has 1 aromatic heterocycles. The van der Waals surface area contributed by atoms with Crippen LogP contribution in [0.3, 0.4) is 0 Å². The molecule has 1 saturated heterocycles. The van der Waals surface area contributed by atoms with Gasteiger partial charge in [-0.2, -0.15) is 0 Å². The fraction of sp³-hybridized carbons (Fsp3) is 0.364. The number of hydrogen-bond acceptors (Lipinski definition) is 4. The highest BCUT2D eigenvalue weighted by atomic mass is 32.1. The number of aromatic nitrogens is 1. The lowest BCUT2D eigenvalue weighted by atomic mass is 10.1. The summed E-state index contributed by atoms with van der Waals surface area (Å²) in [5.74, 6) is 0.0155. The summed E-state index contributed by atoms with van der Waals surface area (Å²) in [6.07, 6.45) is 0. The van der Waals surface area contributed by atoms with Crippen LogP contribution in [0.5, 0.6) is 0 Å². The van der Waals surface area contributed by atoms with E-state index in [9.17, 15) is 4.79 Å². The third-order valence-electron chi connectivity index (χ3n) is 5.19. The van der Waals surface area contributed by atoms with E-state index >= 15 is 0 Å². The van der Waals surface area contributed by atoms with Crippen molar-refractivity contribution in [2.24, 2.45) is 0 Å². The molecule has 0 saturated carbocycles. The summed E-state index contributed by atoms with van der Waals surface area (Å²) in [6.45, 7) is 9.32. The number of hydrogen-bond donors (Lipinski definition) is 1. The van der Waals surface area contributed by atoms with E-state index in [1.807, 2.05) is 35.2 Å². The molecule has 1 amide bonds. The Kier molecular flexibility index (Phi) is 5.71. The SMILES string of the molecule is Cc1cc(C)c2sc(N(CC[NH+]3CCOCC3)C(=O)c3ccccc3)nc2c1. The van der Waals surface area contributed by atoms with E-state index in [-0.39, 0.29) is 5.91 Å². The van der Waals surface area contributed by atoms with Crippen LogP contribution in [0.1, 0.15) is 21.5 Å². The zero-order valence-corrected chi connectivity index (χ0v) is 17.2. The molecule has 0 bridgehead atoms. The highest BCUT2D eigenvalue weighted by Gasteiger charge is 2.24. The lowest BCUT2D eigenvalue weighted by Gasteiger charge is -2.26. The zero-order valence-electron chi connectivity index (χ0n) is 16.4. The number of anilines is 1. The number of thiazole rings is 1. The minimum absolute atomic E-state index is 0.0155. The van der Waals surface area contributed by atoms with E-state index in [1.54, 1.807) is 11.3 Å². The summed E-state index contributed by atoms with van der Waals surface area (Å²) in [7, 11) is 0. The van der Waals surface area contributed by atoms with Crippen LogP contribution in [0.2, 0.25) is 0 Å². The molecule has 1 aliphatic rings. The first-order valence-electron chi connectivity index (χ1n) is 9.78. The van der Waals surface area contributed by atoms with Crippen molar-refractivity contribution in [3.05, 3.63) is 59.2 Å². The number of quaternary nitrogens is 1. The van der Waals surface area contributed by atoms with E-state index in [0.717, 1.165) is 48.2 Å². The molecule has 0 radical (unpaired) electrons. The number of fused-ring (bicyclic) bond motifs is 1. The van der Waals surface area contributed by atoms with Crippen LogP contribution < -0.4 is 9.80 Å². The Bertz CT molecular complexity index is 965. The number of nitrogens with zero attached hydrogens (tertiary/aromatic N) is 2. The molecule has 3 aromatic rings. The fourth-order valence-corrected chi connectivity index (χ4v) is 4.72. The molecule has 0 atom stereocenters. The van der Waals surface area contributed by atoms with Crippen LogP contribution in [0, 0.1) is 13.8 Å². The molecule has 4 rings (SSSR count). The Morgan fingerprint density at radius 3 is 2.68 bits per heavy atom. The van der Waals surface area contributed by atoms with Crippen LogP contribution in [0.15, 0.2) is 42.5 Å². The number of carbonyl (C=O) groups excluding carboxylic acids is 1. The monoisotopic (exact) mass is 396 g/mol. The summed E-state index contributed by atoms with van der Waals surface area (Å²) < 4.78 is 6.62. The highest BCUT2D eigenvalue weighted by Crippen LogP contribution is 2.32. The standard InChI is InChI=1S/C22H25N3O2S/c1-16-14-17(2)20-19(15-16)23-22(28-20)25(9-8-24-10-12-27-13-11-24)21(26)18-6-4-3-5-7-18/h3-7,14-15H,8-13H2,1-2H3/p+1. The maximum atomic E-state index is 13.3. The van der Waals surface area contributed by atoms with Gasteiger partial charge in [0.25, 0.3) is 5.91 Å². The van der Waals surface area contributed by atoms with E-state index in [0.29, 0.717) is 12.1 Å². The van der Waals surface area contributed by atoms with Gasteiger partial charge >= 0.3 is 0 Å². The number of benzene rings is 2. The van der Waals surface area contributed by atoms with Crippen molar-refractivity contribution < 1.29 is 14.4 Å². The number of ether oxygens (including phenoxy) is 1. The zero-order chi connectivity index (χ0) is 19.5. The molecular formula is C22H26N3O2S+. The largest absolute Gasteiger partial charge is 0.370 e. The van der Waals surface area contributed by atoms with Crippen LogP contribution >= 0.6 is 11.3 Å². The molecule has 5 nitrogen and oxygen atoms in total. The molecule has 0 aliphatic carbocycles. The third-order valence-corrected chi connectivity index (χ3v) is 6.42. The molecule has 0 spiro atoms.